The summed E-state index contributed by atoms with van der Waals surface area (Å²) in [5.74, 6) is 3.10. The number of nitrogens with zero attached hydrogens (tertiary/aromatic N) is 3. The SMILES string of the molecule is CCNC(=NCc1ccccc1OCCN1CCOCC1)NCc1nc(C)c(C)o1. The molecule has 1 fully saturated rings. The highest BCUT2D eigenvalue weighted by Crippen LogP contribution is 2.19. The lowest BCUT2D eigenvalue weighted by Crippen LogP contribution is -2.38. The minimum Gasteiger partial charge on any atom is -0.492 e. The number of oxazole rings is 1. The molecule has 30 heavy (non-hydrogen) atoms. The second-order valence-electron chi connectivity index (χ2n) is 7.21. The summed E-state index contributed by atoms with van der Waals surface area (Å²) in [7, 11) is 0. The number of ether oxygens (including phenoxy) is 2. The van der Waals surface area contributed by atoms with Crippen molar-refractivity contribution in [2.24, 2.45) is 4.99 Å². The number of hydrogen-bond acceptors (Lipinski definition) is 6. The topological polar surface area (TPSA) is 84.2 Å². The fourth-order valence-corrected chi connectivity index (χ4v) is 3.16. The summed E-state index contributed by atoms with van der Waals surface area (Å²) in [6.45, 7) is 12.8. The Morgan fingerprint density at radius 3 is 2.73 bits per heavy atom. The van der Waals surface area contributed by atoms with E-state index in [-0.39, 0.29) is 0 Å². The lowest BCUT2D eigenvalue weighted by molar-refractivity contribution is 0.0322. The maximum atomic E-state index is 6.06. The van der Waals surface area contributed by atoms with Crippen molar-refractivity contribution in [3.8, 4) is 5.75 Å². The number of guanidine groups is 1. The van der Waals surface area contributed by atoms with Crippen LogP contribution in [0.5, 0.6) is 5.75 Å². The van der Waals surface area contributed by atoms with Crippen molar-refractivity contribution in [3.05, 3.63) is 47.2 Å². The smallest absolute Gasteiger partial charge is 0.214 e. The highest BCUT2D eigenvalue weighted by molar-refractivity contribution is 5.79. The fraction of sp³-hybridized carbons (Fsp3) is 0.545. The van der Waals surface area contributed by atoms with E-state index in [4.69, 9.17) is 18.9 Å². The first-order valence-electron chi connectivity index (χ1n) is 10.6. The number of nitrogens with one attached hydrogen (secondary N) is 2. The number of morpholine rings is 1. The van der Waals surface area contributed by atoms with Gasteiger partial charge in [-0.25, -0.2) is 9.98 Å². The van der Waals surface area contributed by atoms with Crippen LogP contribution in [0.2, 0.25) is 0 Å². The average Bonchev–Trinajstić information content (AvgIpc) is 3.09. The standard InChI is InChI=1S/C22H33N5O3/c1-4-23-22(25-16-21-26-17(2)18(3)30-21)24-15-19-7-5-6-8-20(19)29-14-11-27-9-12-28-13-10-27/h5-8H,4,9-16H2,1-3H3,(H2,23,24,25). The molecular formula is C22H33N5O3. The second kappa shape index (κ2) is 11.6. The van der Waals surface area contributed by atoms with Crippen molar-refractivity contribution in [1.82, 2.24) is 20.5 Å². The van der Waals surface area contributed by atoms with Gasteiger partial charge in [0.05, 0.1) is 32.0 Å². The predicted octanol–water partition coefficient (Wildman–Crippen LogP) is 2.26. The van der Waals surface area contributed by atoms with Crippen molar-refractivity contribution in [2.75, 3.05) is 46.0 Å². The molecule has 0 aliphatic carbocycles. The summed E-state index contributed by atoms with van der Waals surface area (Å²) in [5.41, 5.74) is 1.97. The van der Waals surface area contributed by atoms with E-state index in [1.54, 1.807) is 0 Å². The van der Waals surface area contributed by atoms with Crippen LogP contribution in [-0.4, -0.2) is 61.8 Å². The Labute approximate surface area is 178 Å². The van der Waals surface area contributed by atoms with E-state index in [1.165, 1.54) is 0 Å². The van der Waals surface area contributed by atoms with E-state index in [9.17, 15) is 0 Å². The normalized spacial score (nSPS) is 15.2. The number of aryl methyl sites for hydroxylation is 2. The molecule has 3 rings (SSSR count). The van der Waals surface area contributed by atoms with Crippen molar-refractivity contribution >= 4 is 5.96 Å². The van der Waals surface area contributed by atoms with Gasteiger partial charge in [-0.05, 0) is 26.8 Å². The summed E-state index contributed by atoms with van der Waals surface area (Å²) >= 11 is 0. The van der Waals surface area contributed by atoms with Gasteiger partial charge in [-0.1, -0.05) is 18.2 Å². The third kappa shape index (κ3) is 6.74. The van der Waals surface area contributed by atoms with Gasteiger partial charge in [-0.15, -0.1) is 0 Å². The Balaban J connectivity index is 1.55. The largest absolute Gasteiger partial charge is 0.492 e. The van der Waals surface area contributed by atoms with E-state index >= 15 is 0 Å². The van der Waals surface area contributed by atoms with Gasteiger partial charge in [0.2, 0.25) is 5.89 Å². The minimum atomic E-state index is 0.484. The second-order valence-corrected chi connectivity index (χ2v) is 7.21. The van der Waals surface area contributed by atoms with Crippen LogP contribution in [0.15, 0.2) is 33.7 Å². The molecular weight excluding hydrogens is 382 g/mol. The number of aliphatic imine (C=N–C) groups is 1. The molecule has 2 heterocycles. The molecule has 1 aliphatic rings. The van der Waals surface area contributed by atoms with Crippen molar-refractivity contribution in [3.63, 3.8) is 0 Å². The molecule has 2 N–H and O–H groups in total. The first kappa shape index (κ1) is 22.1. The lowest BCUT2D eigenvalue weighted by Gasteiger charge is -2.26. The Bertz CT molecular complexity index is 795. The van der Waals surface area contributed by atoms with Crippen LogP contribution in [0.25, 0.3) is 0 Å². The Kier molecular flexibility index (Phi) is 8.53. The number of benzene rings is 1. The summed E-state index contributed by atoms with van der Waals surface area (Å²) in [6.07, 6.45) is 0. The highest BCUT2D eigenvalue weighted by atomic mass is 16.5. The summed E-state index contributed by atoms with van der Waals surface area (Å²) in [6, 6.07) is 8.06. The van der Waals surface area contributed by atoms with Gasteiger partial charge in [0.1, 0.15) is 18.1 Å². The van der Waals surface area contributed by atoms with Crippen LogP contribution in [0.1, 0.15) is 29.8 Å². The van der Waals surface area contributed by atoms with E-state index in [0.717, 1.165) is 62.2 Å². The molecule has 0 saturated carbocycles. The van der Waals surface area contributed by atoms with Crippen LogP contribution in [0.4, 0.5) is 0 Å². The van der Waals surface area contributed by atoms with Gasteiger partial charge < -0.3 is 24.5 Å². The van der Waals surface area contributed by atoms with Crippen LogP contribution >= 0.6 is 0 Å². The quantitative estimate of drug-likeness (QED) is 0.480. The van der Waals surface area contributed by atoms with Crippen LogP contribution in [-0.2, 0) is 17.8 Å². The fourth-order valence-electron chi connectivity index (χ4n) is 3.16. The molecule has 0 spiro atoms. The molecule has 1 aromatic carbocycles. The third-order valence-electron chi connectivity index (χ3n) is 4.97. The van der Waals surface area contributed by atoms with Gasteiger partial charge >= 0.3 is 0 Å². The molecule has 0 bridgehead atoms. The van der Waals surface area contributed by atoms with Crippen LogP contribution < -0.4 is 15.4 Å². The van der Waals surface area contributed by atoms with Crippen LogP contribution in [0, 0.1) is 13.8 Å². The maximum Gasteiger partial charge on any atom is 0.214 e. The number of para-hydroxylation sites is 1. The molecule has 0 amide bonds. The third-order valence-corrected chi connectivity index (χ3v) is 4.97. The number of aromatic nitrogens is 1. The first-order valence-corrected chi connectivity index (χ1v) is 10.6. The Morgan fingerprint density at radius 2 is 2.00 bits per heavy atom. The molecule has 1 aliphatic heterocycles. The van der Waals surface area contributed by atoms with E-state index in [0.29, 0.717) is 31.5 Å². The van der Waals surface area contributed by atoms with Gasteiger partial charge in [-0.2, -0.15) is 0 Å². The predicted molar refractivity (Wildman–Crippen MR) is 117 cm³/mol. The Morgan fingerprint density at radius 1 is 1.20 bits per heavy atom. The van der Waals surface area contributed by atoms with Crippen molar-refractivity contribution in [2.45, 2.75) is 33.9 Å². The highest BCUT2D eigenvalue weighted by Gasteiger charge is 2.11. The van der Waals surface area contributed by atoms with Crippen LogP contribution in [0.3, 0.4) is 0 Å². The molecule has 0 atom stereocenters. The molecule has 0 radical (unpaired) electrons. The lowest BCUT2D eigenvalue weighted by atomic mass is 10.2. The molecule has 1 aromatic heterocycles. The summed E-state index contributed by atoms with van der Waals surface area (Å²) < 4.78 is 17.1. The zero-order chi connectivity index (χ0) is 21.2. The monoisotopic (exact) mass is 415 g/mol. The maximum absolute atomic E-state index is 6.06. The summed E-state index contributed by atoms with van der Waals surface area (Å²) in [4.78, 5) is 11.5. The number of hydrogen-bond donors (Lipinski definition) is 2. The van der Waals surface area contributed by atoms with Crippen molar-refractivity contribution in [1.29, 1.82) is 0 Å². The number of rotatable bonds is 9. The van der Waals surface area contributed by atoms with Gasteiger partial charge in [0, 0.05) is 31.7 Å². The van der Waals surface area contributed by atoms with Gasteiger partial charge in [0.25, 0.3) is 0 Å². The molecule has 1 saturated heterocycles. The first-order chi connectivity index (χ1) is 14.7. The minimum absolute atomic E-state index is 0.484. The van der Waals surface area contributed by atoms with Gasteiger partial charge in [-0.3, -0.25) is 4.90 Å². The molecule has 8 nitrogen and oxygen atoms in total. The molecule has 8 heteroatoms. The van der Waals surface area contributed by atoms with Gasteiger partial charge in [0.15, 0.2) is 5.96 Å². The zero-order valence-corrected chi connectivity index (χ0v) is 18.2. The zero-order valence-electron chi connectivity index (χ0n) is 18.2. The van der Waals surface area contributed by atoms with E-state index in [2.05, 4.69) is 26.6 Å². The van der Waals surface area contributed by atoms with E-state index in [1.807, 2.05) is 39.0 Å². The van der Waals surface area contributed by atoms with Crippen molar-refractivity contribution < 1.29 is 13.9 Å². The van der Waals surface area contributed by atoms with E-state index < -0.39 is 0 Å². The molecule has 0 unspecified atom stereocenters. The Hall–Kier alpha value is -2.58. The summed E-state index contributed by atoms with van der Waals surface area (Å²) in [5, 5.41) is 6.54. The molecule has 164 valence electrons. The average molecular weight is 416 g/mol. The molecule has 2 aromatic rings.